The van der Waals surface area contributed by atoms with E-state index in [0.717, 1.165) is 31.2 Å². The van der Waals surface area contributed by atoms with Gasteiger partial charge in [-0.25, -0.2) is 0 Å². The Bertz CT molecular complexity index is 833. The van der Waals surface area contributed by atoms with Crippen molar-refractivity contribution in [3.05, 3.63) is 71.8 Å². The number of amides is 1. The summed E-state index contributed by atoms with van der Waals surface area (Å²) in [4.78, 5) is 27.1. The summed E-state index contributed by atoms with van der Waals surface area (Å²) in [5, 5.41) is 9.95. The Morgan fingerprint density at radius 3 is 1.93 bits per heavy atom. The average molecular weight is 392 g/mol. The molecule has 0 radical (unpaired) electrons. The molecule has 1 aliphatic carbocycles. The summed E-state index contributed by atoms with van der Waals surface area (Å²) < 4.78 is 0. The molecule has 2 aromatic rings. The molecule has 0 atom stereocenters. The van der Waals surface area contributed by atoms with E-state index in [0.29, 0.717) is 31.8 Å². The van der Waals surface area contributed by atoms with Crippen molar-refractivity contribution in [3.8, 4) is 0 Å². The normalized spacial score (nSPS) is 24.1. The van der Waals surface area contributed by atoms with Crippen LogP contribution in [0.2, 0.25) is 0 Å². The number of aliphatic carboxylic acids is 1. The van der Waals surface area contributed by atoms with Crippen molar-refractivity contribution >= 4 is 11.9 Å². The second-order valence-corrected chi connectivity index (χ2v) is 8.54. The molecule has 4 heteroatoms. The Kier molecular flexibility index (Phi) is 5.70. The second-order valence-electron chi connectivity index (χ2n) is 8.54. The fourth-order valence-electron chi connectivity index (χ4n) is 5.15. The van der Waals surface area contributed by atoms with Crippen LogP contribution >= 0.6 is 0 Å². The van der Waals surface area contributed by atoms with E-state index >= 15 is 0 Å². The van der Waals surface area contributed by atoms with Crippen LogP contribution in [0.1, 0.15) is 55.6 Å². The molecule has 0 spiro atoms. The van der Waals surface area contributed by atoms with Crippen LogP contribution in [0.4, 0.5) is 0 Å². The van der Waals surface area contributed by atoms with Gasteiger partial charge in [0.15, 0.2) is 0 Å². The third-order valence-corrected chi connectivity index (χ3v) is 7.01. The van der Waals surface area contributed by atoms with Crippen LogP contribution in [0.15, 0.2) is 60.7 Å². The van der Waals surface area contributed by atoms with Crippen LogP contribution < -0.4 is 0 Å². The number of benzene rings is 2. The monoisotopic (exact) mass is 391 g/mol. The van der Waals surface area contributed by atoms with Crippen LogP contribution in [-0.4, -0.2) is 35.0 Å². The number of piperidine rings is 1. The van der Waals surface area contributed by atoms with Crippen LogP contribution in [0.5, 0.6) is 0 Å². The number of carbonyl (C=O) groups is 2. The molecule has 4 rings (SSSR count). The van der Waals surface area contributed by atoms with Crippen molar-refractivity contribution in [2.45, 2.75) is 49.9 Å². The summed E-state index contributed by atoms with van der Waals surface area (Å²) in [6.07, 6.45) is 4.93. The molecule has 1 N–H and O–H groups in total. The Labute approximate surface area is 172 Å². The van der Waals surface area contributed by atoms with Crippen LogP contribution in [0.25, 0.3) is 0 Å². The molecule has 0 unspecified atom stereocenters. The lowest BCUT2D eigenvalue weighted by Crippen LogP contribution is -2.50. The van der Waals surface area contributed by atoms with Gasteiger partial charge in [-0.05, 0) is 55.6 Å². The number of hydrogen-bond acceptors (Lipinski definition) is 2. The van der Waals surface area contributed by atoms with Crippen molar-refractivity contribution < 1.29 is 14.7 Å². The summed E-state index contributed by atoms with van der Waals surface area (Å²) in [7, 11) is 0. The highest BCUT2D eigenvalue weighted by Crippen LogP contribution is 2.39. The maximum Gasteiger partial charge on any atom is 0.314 e. The minimum absolute atomic E-state index is 0.0871. The number of carboxylic acids is 1. The molecule has 4 nitrogen and oxygen atoms in total. The zero-order chi connectivity index (χ0) is 20.3. The van der Waals surface area contributed by atoms with Gasteiger partial charge in [-0.1, -0.05) is 60.7 Å². The van der Waals surface area contributed by atoms with Gasteiger partial charge in [0, 0.05) is 19.0 Å². The van der Waals surface area contributed by atoms with Gasteiger partial charge in [0.1, 0.15) is 0 Å². The zero-order valence-electron chi connectivity index (χ0n) is 16.8. The molecule has 0 aromatic heterocycles. The lowest BCUT2D eigenvalue weighted by atomic mass is 9.72. The molecule has 1 saturated heterocycles. The van der Waals surface area contributed by atoms with Gasteiger partial charge in [-0.15, -0.1) is 0 Å². The number of nitrogens with zero attached hydrogens (tertiary/aromatic N) is 1. The number of hydrogen-bond donors (Lipinski definition) is 1. The number of likely N-dealkylation sites (tertiary alicyclic amines) is 1. The van der Waals surface area contributed by atoms with Gasteiger partial charge in [0.25, 0.3) is 0 Å². The highest BCUT2D eigenvalue weighted by Gasteiger charge is 2.44. The van der Waals surface area contributed by atoms with Crippen molar-refractivity contribution in [3.63, 3.8) is 0 Å². The topological polar surface area (TPSA) is 57.6 Å². The molecule has 1 heterocycles. The fourth-order valence-corrected chi connectivity index (χ4v) is 5.15. The third kappa shape index (κ3) is 3.93. The lowest BCUT2D eigenvalue weighted by molar-refractivity contribution is -0.149. The lowest BCUT2D eigenvalue weighted by Gasteiger charge is -2.41. The summed E-state index contributed by atoms with van der Waals surface area (Å²) in [6, 6.07) is 20.1. The second kappa shape index (κ2) is 8.40. The first-order valence-electron chi connectivity index (χ1n) is 10.7. The first kappa shape index (κ1) is 19.7. The van der Waals surface area contributed by atoms with E-state index in [1.165, 1.54) is 5.56 Å². The SMILES string of the molecule is O=C(C1CCC(c2ccccc2)CC1)N1CCC(C(=O)O)(c2ccccc2)CC1. The number of carboxylic acid groups (broad SMARTS) is 1. The predicted molar refractivity (Wildman–Crippen MR) is 113 cm³/mol. The third-order valence-electron chi connectivity index (χ3n) is 7.01. The molecule has 29 heavy (non-hydrogen) atoms. The average Bonchev–Trinajstić information content (AvgIpc) is 2.80. The van der Waals surface area contributed by atoms with Crippen molar-refractivity contribution in [1.29, 1.82) is 0 Å². The van der Waals surface area contributed by atoms with Crippen LogP contribution in [0, 0.1) is 5.92 Å². The van der Waals surface area contributed by atoms with E-state index in [-0.39, 0.29) is 11.8 Å². The van der Waals surface area contributed by atoms with Crippen molar-refractivity contribution in [2.24, 2.45) is 5.92 Å². The molecular weight excluding hydrogens is 362 g/mol. The van der Waals surface area contributed by atoms with E-state index in [4.69, 9.17) is 0 Å². The molecule has 1 saturated carbocycles. The molecular formula is C25H29NO3. The first-order chi connectivity index (χ1) is 14.1. The van der Waals surface area contributed by atoms with Gasteiger partial charge in [-0.3, -0.25) is 9.59 Å². The van der Waals surface area contributed by atoms with E-state index in [1.54, 1.807) is 0 Å². The molecule has 1 aliphatic heterocycles. The molecule has 2 fully saturated rings. The van der Waals surface area contributed by atoms with Gasteiger partial charge >= 0.3 is 5.97 Å². The Balaban J connectivity index is 1.36. The van der Waals surface area contributed by atoms with E-state index in [9.17, 15) is 14.7 Å². The largest absolute Gasteiger partial charge is 0.481 e. The first-order valence-corrected chi connectivity index (χ1v) is 10.7. The highest BCUT2D eigenvalue weighted by molar-refractivity contribution is 5.83. The summed E-state index contributed by atoms with van der Waals surface area (Å²) in [5.74, 6) is 0.0890. The van der Waals surface area contributed by atoms with Gasteiger partial charge in [0.05, 0.1) is 5.41 Å². The van der Waals surface area contributed by atoms with E-state index < -0.39 is 11.4 Å². The molecule has 152 valence electrons. The Morgan fingerprint density at radius 2 is 1.38 bits per heavy atom. The summed E-state index contributed by atoms with van der Waals surface area (Å²) in [6.45, 7) is 1.05. The zero-order valence-corrected chi connectivity index (χ0v) is 16.8. The van der Waals surface area contributed by atoms with Gasteiger partial charge in [0.2, 0.25) is 5.91 Å². The number of carbonyl (C=O) groups excluding carboxylic acids is 1. The summed E-state index contributed by atoms with van der Waals surface area (Å²) >= 11 is 0. The van der Waals surface area contributed by atoms with Gasteiger partial charge < -0.3 is 10.0 Å². The fraction of sp³-hybridized carbons (Fsp3) is 0.440. The molecule has 0 bridgehead atoms. The maximum absolute atomic E-state index is 13.1. The van der Waals surface area contributed by atoms with Crippen LogP contribution in [0.3, 0.4) is 0 Å². The quantitative estimate of drug-likeness (QED) is 0.828. The van der Waals surface area contributed by atoms with E-state index in [1.807, 2.05) is 41.3 Å². The molecule has 1 amide bonds. The Hall–Kier alpha value is -2.62. The summed E-state index contributed by atoms with van der Waals surface area (Å²) in [5.41, 5.74) is 1.36. The standard InChI is InChI=1S/C25H29NO3/c27-23(21-13-11-20(12-14-21)19-7-3-1-4-8-19)26-17-15-25(16-18-26,24(28)29)22-9-5-2-6-10-22/h1-10,20-21H,11-18H2,(H,28,29). The minimum Gasteiger partial charge on any atom is -0.481 e. The van der Waals surface area contributed by atoms with Crippen LogP contribution in [-0.2, 0) is 15.0 Å². The molecule has 2 aliphatic rings. The predicted octanol–water partition coefficient (Wildman–Crippen LogP) is 4.61. The van der Waals surface area contributed by atoms with Crippen molar-refractivity contribution in [2.75, 3.05) is 13.1 Å². The van der Waals surface area contributed by atoms with Gasteiger partial charge in [-0.2, -0.15) is 0 Å². The molecule has 2 aromatic carbocycles. The van der Waals surface area contributed by atoms with E-state index in [2.05, 4.69) is 24.3 Å². The number of rotatable bonds is 4. The maximum atomic E-state index is 13.1. The van der Waals surface area contributed by atoms with Crippen molar-refractivity contribution in [1.82, 2.24) is 4.90 Å². The Morgan fingerprint density at radius 1 is 0.828 bits per heavy atom. The highest BCUT2D eigenvalue weighted by atomic mass is 16.4. The minimum atomic E-state index is -0.872. The smallest absolute Gasteiger partial charge is 0.314 e.